The number of carbonyl (C=O) groups excluding carboxylic acids is 1. The summed E-state index contributed by atoms with van der Waals surface area (Å²) >= 11 is 0. The summed E-state index contributed by atoms with van der Waals surface area (Å²) in [7, 11) is 1.63. The van der Waals surface area contributed by atoms with Gasteiger partial charge in [-0.1, -0.05) is 6.92 Å². The molecule has 1 aliphatic rings. The summed E-state index contributed by atoms with van der Waals surface area (Å²) in [6.07, 6.45) is 0.125. The summed E-state index contributed by atoms with van der Waals surface area (Å²) in [5, 5.41) is 2.71. The molecular weight excluding hydrogens is 463 g/mol. The van der Waals surface area contributed by atoms with E-state index in [1.54, 1.807) is 7.11 Å². The number of hydrogen-bond acceptors (Lipinski definition) is 5. The van der Waals surface area contributed by atoms with Gasteiger partial charge in [0.05, 0.1) is 25.9 Å². The van der Waals surface area contributed by atoms with E-state index >= 15 is 0 Å². The van der Waals surface area contributed by atoms with E-state index in [1.165, 1.54) is 12.1 Å². The Kier molecular flexibility index (Phi) is 9.60. The standard InChI is InChI=1S/C25H32FN2O4.Cr/c1-17-14-18(16-19(26)15-17)23-22(31-13-11-27-24(29)32-25(2,3)4)10-12-28(23)20-6-8-21(30-5)9-7-20;/h6-9,15-16,22-23H,10-13H2,1-5H3,(H,27,29);/q-1;/t22-,23-;/m1./s1. The van der Waals surface area contributed by atoms with Crippen LogP contribution < -0.4 is 15.0 Å². The molecule has 2 atom stereocenters. The third-order valence-corrected chi connectivity index (χ3v) is 5.16. The molecule has 1 amide bonds. The molecule has 1 aliphatic heterocycles. The molecule has 3 rings (SSSR count). The van der Waals surface area contributed by atoms with Gasteiger partial charge in [0.25, 0.3) is 0 Å². The zero-order valence-electron chi connectivity index (χ0n) is 19.8. The Morgan fingerprint density at radius 2 is 1.94 bits per heavy atom. The molecule has 0 aliphatic carbocycles. The van der Waals surface area contributed by atoms with E-state index in [-0.39, 0.29) is 35.3 Å². The van der Waals surface area contributed by atoms with Crippen molar-refractivity contribution in [3.8, 4) is 5.75 Å². The summed E-state index contributed by atoms with van der Waals surface area (Å²) in [5.74, 6) is 0.488. The number of methoxy groups -OCH3 is 1. The summed E-state index contributed by atoms with van der Waals surface area (Å²) in [6.45, 7) is 8.69. The van der Waals surface area contributed by atoms with Gasteiger partial charge in [-0.15, -0.1) is 17.7 Å². The van der Waals surface area contributed by atoms with Crippen LogP contribution in [0.2, 0.25) is 0 Å². The van der Waals surface area contributed by atoms with Gasteiger partial charge in [0.1, 0.15) is 11.4 Å². The number of anilines is 1. The minimum atomic E-state index is -0.550. The molecule has 2 aromatic rings. The zero-order chi connectivity index (χ0) is 23.3. The number of rotatable bonds is 7. The first kappa shape index (κ1) is 27.0. The van der Waals surface area contributed by atoms with E-state index in [9.17, 15) is 9.18 Å². The number of hydrogen-bond donors (Lipinski definition) is 1. The Hall–Kier alpha value is -2.27. The maximum atomic E-state index is 14.2. The number of carbonyl (C=O) groups is 1. The molecule has 0 spiro atoms. The third-order valence-electron chi connectivity index (χ3n) is 5.16. The molecule has 0 bridgehead atoms. The van der Waals surface area contributed by atoms with Crippen LogP contribution in [-0.4, -0.2) is 44.6 Å². The largest absolute Gasteiger partial charge is 0.497 e. The summed E-state index contributed by atoms with van der Waals surface area (Å²) in [4.78, 5) is 14.1. The Bertz CT molecular complexity index is 897. The number of aryl methyl sites for hydroxylation is 1. The summed E-state index contributed by atoms with van der Waals surface area (Å²) in [6, 6.07) is 13.9. The molecule has 8 heteroatoms. The molecule has 6 nitrogen and oxygen atoms in total. The van der Waals surface area contributed by atoms with Crippen molar-refractivity contribution in [1.29, 1.82) is 0 Å². The van der Waals surface area contributed by atoms with Gasteiger partial charge in [0.2, 0.25) is 0 Å². The summed E-state index contributed by atoms with van der Waals surface area (Å²) in [5.41, 5.74) is 1.95. The second-order valence-corrected chi connectivity index (χ2v) is 8.90. The van der Waals surface area contributed by atoms with Crippen molar-refractivity contribution in [3.63, 3.8) is 0 Å². The van der Waals surface area contributed by atoms with Crippen molar-refractivity contribution in [2.75, 3.05) is 31.7 Å². The van der Waals surface area contributed by atoms with Gasteiger partial charge in [0.15, 0.2) is 0 Å². The first-order valence-corrected chi connectivity index (χ1v) is 10.8. The van der Waals surface area contributed by atoms with Crippen LogP contribution >= 0.6 is 0 Å². The van der Waals surface area contributed by atoms with Crippen LogP contribution in [0.5, 0.6) is 5.75 Å². The van der Waals surface area contributed by atoms with Gasteiger partial charge in [-0.05, 0) is 51.5 Å². The van der Waals surface area contributed by atoms with Gasteiger partial charge in [0, 0.05) is 42.0 Å². The van der Waals surface area contributed by atoms with Gasteiger partial charge in [-0.2, -0.15) is 11.6 Å². The maximum Gasteiger partial charge on any atom is 0.407 e. The van der Waals surface area contributed by atoms with Crippen molar-refractivity contribution >= 4 is 11.8 Å². The van der Waals surface area contributed by atoms with Crippen molar-refractivity contribution in [1.82, 2.24) is 5.32 Å². The topological polar surface area (TPSA) is 60.0 Å². The van der Waals surface area contributed by atoms with Crippen LogP contribution in [0.4, 0.5) is 14.9 Å². The predicted octanol–water partition coefficient (Wildman–Crippen LogP) is 4.80. The molecule has 0 saturated carbocycles. The normalized spacial score (nSPS) is 17.9. The van der Waals surface area contributed by atoms with Gasteiger partial charge in [-0.25, -0.2) is 9.18 Å². The first-order valence-electron chi connectivity index (χ1n) is 10.8. The van der Waals surface area contributed by atoms with E-state index in [0.29, 0.717) is 13.2 Å². The van der Waals surface area contributed by atoms with E-state index in [0.717, 1.165) is 35.5 Å². The SMILES string of the molecule is COc1ccc(N2CC[C@@H](OCCNC(=O)OC(C)(C)C)[C@H]2c2[c-]c(C)cc(F)c2)cc1.[Cr]. The van der Waals surface area contributed by atoms with Crippen LogP contribution in [0.1, 0.15) is 44.4 Å². The number of alkyl carbamates (subject to hydrolysis) is 1. The van der Waals surface area contributed by atoms with Crippen LogP contribution in [-0.2, 0) is 26.8 Å². The number of halogens is 1. The molecule has 0 radical (unpaired) electrons. The van der Waals surface area contributed by atoms with Crippen LogP contribution in [0.15, 0.2) is 36.4 Å². The van der Waals surface area contributed by atoms with Gasteiger partial charge in [-0.3, -0.25) is 0 Å². The Morgan fingerprint density at radius 3 is 2.55 bits per heavy atom. The molecular formula is C25H32CrFN2O4-. The molecule has 180 valence electrons. The minimum absolute atomic E-state index is 0. The van der Waals surface area contributed by atoms with Gasteiger partial charge >= 0.3 is 6.09 Å². The van der Waals surface area contributed by atoms with Crippen LogP contribution in [0.3, 0.4) is 0 Å². The molecule has 1 fully saturated rings. The fourth-order valence-corrected chi connectivity index (χ4v) is 3.90. The number of ether oxygens (including phenoxy) is 3. The monoisotopic (exact) mass is 495 g/mol. The molecule has 1 saturated heterocycles. The third kappa shape index (κ3) is 7.63. The number of amides is 1. The molecule has 33 heavy (non-hydrogen) atoms. The predicted molar refractivity (Wildman–Crippen MR) is 122 cm³/mol. The van der Waals surface area contributed by atoms with Crippen LogP contribution in [0, 0.1) is 18.8 Å². The Labute approximate surface area is 206 Å². The van der Waals surface area contributed by atoms with E-state index in [1.807, 2.05) is 52.0 Å². The number of nitrogens with zero attached hydrogens (tertiary/aromatic N) is 1. The average Bonchev–Trinajstić information content (AvgIpc) is 3.13. The second-order valence-electron chi connectivity index (χ2n) is 8.90. The average molecular weight is 496 g/mol. The Morgan fingerprint density at radius 1 is 1.24 bits per heavy atom. The fraction of sp³-hybridized carbons (Fsp3) is 0.480. The Balaban J connectivity index is 0.00000385. The van der Waals surface area contributed by atoms with Crippen molar-refractivity contribution in [3.05, 3.63) is 59.4 Å². The van der Waals surface area contributed by atoms with Crippen molar-refractivity contribution in [2.24, 2.45) is 0 Å². The minimum Gasteiger partial charge on any atom is -0.497 e. The van der Waals surface area contributed by atoms with E-state index in [2.05, 4.69) is 16.3 Å². The van der Waals surface area contributed by atoms with Gasteiger partial charge < -0.3 is 24.4 Å². The second kappa shape index (κ2) is 11.7. The number of benzene rings is 2. The van der Waals surface area contributed by atoms with Crippen molar-refractivity contribution < 1.29 is 40.8 Å². The maximum absolute atomic E-state index is 14.2. The zero-order valence-corrected chi connectivity index (χ0v) is 21.1. The fourth-order valence-electron chi connectivity index (χ4n) is 3.90. The van der Waals surface area contributed by atoms with Crippen molar-refractivity contribution in [2.45, 2.75) is 51.9 Å². The quantitative estimate of drug-likeness (QED) is 0.442. The summed E-state index contributed by atoms with van der Waals surface area (Å²) < 4.78 is 30.9. The first-order chi connectivity index (χ1) is 15.2. The van der Waals surface area contributed by atoms with E-state index in [4.69, 9.17) is 14.2 Å². The van der Waals surface area contributed by atoms with Crippen LogP contribution in [0.25, 0.3) is 0 Å². The smallest absolute Gasteiger partial charge is 0.407 e. The molecule has 0 unspecified atom stereocenters. The molecule has 0 aromatic heterocycles. The van der Waals surface area contributed by atoms with E-state index < -0.39 is 11.7 Å². The molecule has 1 N–H and O–H groups in total. The molecule has 1 heterocycles. The molecule has 2 aromatic carbocycles. The number of nitrogens with one attached hydrogen (secondary N) is 1.